The Bertz CT molecular complexity index is 697. The van der Waals surface area contributed by atoms with Crippen LogP contribution in [-0.4, -0.2) is 60.3 Å². The Morgan fingerprint density at radius 2 is 1.71 bits per heavy atom. The second-order valence-electron chi connectivity index (χ2n) is 7.56. The van der Waals surface area contributed by atoms with Gasteiger partial charge in [0.25, 0.3) is 5.91 Å². The second-order valence-corrected chi connectivity index (χ2v) is 8.57. The maximum atomic E-state index is 12.5. The van der Waals surface area contributed by atoms with Gasteiger partial charge < -0.3 is 20.3 Å². The molecule has 2 N–H and O–H groups in total. The molecule has 28 heavy (non-hydrogen) atoms. The van der Waals surface area contributed by atoms with Gasteiger partial charge in [0.1, 0.15) is 5.60 Å². The van der Waals surface area contributed by atoms with Crippen LogP contribution in [-0.2, 0) is 9.53 Å². The monoisotopic (exact) mass is 407 g/mol. The van der Waals surface area contributed by atoms with E-state index in [1.54, 1.807) is 32.9 Å². The summed E-state index contributed by atoms with van der Waals surface area (Å²) < 4.78 is 5.14. The number of likely N-dealkylation sites (tertiary alicyclic amines) is 1. The second kappa shape index (κ2) is 10.4. The average Bonchev–Trinajstić information content (AvgIpc) is 3.16. The molecule has 154 valence electrons. The summed E-state index contributed by atoms with van der Waals surface area (Å²) in [7, 11) is 0. The Morgan fingerprint density at radius 1 is 1.07 bits per heavy atom. The van der Waals surface area contributed by atoms with Crippen molar-refractivity contribution in [2.24, 2.45) is 0 Å². The minimum Gasteiger partial charge on any atom is -0.444 e. The molecule has 8 heteroatoms. The quantitative estimate of drug-likeness (QED) is 0.536. The van der Waals surface area contributed by atoms with Gasteiger partial charge in [0.2, 0.25) is 5.91 Å². The highest BCUT2D eigenvalue weighted by Crippen LogP contribution is 2.23. The topological polar surface area (TPSA) is 87.7 Å². The van der Waals surface area contributed by atoms with E-state index in [1.807, 2.05) is 17.0 Å². The standard InChI is InChI=1S/C20H29N3O4S/c1-20(2,3)27-19(26)22-11-10-21-18(25)15-8-4-5-9-16(15)28-14-17(24)23-12-6-7-13-23/h4-5,8-9H,6-7,10-14H2,1-3H3,(H,21,25)(H,22,26). The van der Waals surface area contributed by atoms with E-state index in [1.165, 1.54) is 11.8 Å². The lowest BCUT2D eigenvalue weighted by atomic mass is 10.2. The minimum absolute atomic E-state index is 0.110. The van der Waals surface area contributed by atoms with Crippen LogP contribution in [0.15, 0.2) is 29.2 Å². The van der Waals surface area contributed by atoms with Crippen LogP contribution in [0.3, 0.4) is 0 Å². The first-order chi connectivity index (χ1) is 13.3. The molecule has 1 aromatic carbocycles. The fourth-order valence-electron chi connectivity index (χ4n) is 2.73. The average molecular weight is 408 g/mol. The van der Waals surface area contributed by atoms with Crippen LogP contribution in [0.4, 0.5) is 4.79 Å². The van der Waals surface area contributed by atoms with Gasteiger partial charge in [-0.05, 0) is 45.7 Å². The van der Waals surface area contributed by atoms with Crippen LogP contribution < -0.4 is 10.6 Å². The van der Waals surface area contributed by atoms with Crippen LogP contribution >= 0.6 is 11.8 Å². The Hall–Kier alpha value is -2.22. The zero-order chi connectivity index (χ0) is 20.6. The van der Waals surface area contributed by atoms with Gasteiger partial charge in [0.05, 0.1) is 11.3 Å². The number of rotatable bonds is 7. The van der Waals surface area contributed by atoms with Crippen molar-refractivity contribution in [3.63, 3.8) is 0 Å². The van der Waals surface area contributed by atoms with Gasteiger partial charge in [-0.1, -0.05) is 12.1 Å². The van der Waals surface area contributed by atoms with Crippen LogP contribution in [0.25, 0.3) is 0 Å². The van der Waals surface area contributed by atoms with E-state index in [-0.39, 0.29) is 24.9 Å². The van der Waals surface area contributed by atoms with Gasteiger partial charge in [-0.15, -0.1) is 11.8 Å². The van der Waals surface area contributed by atoms with Crippen LogP contribution in [0.1, 0.15) is 44.0 Å². The summed E-state index contributed by atoms with van der Waals surface area (Å²) in [4.78, 5) is 38.9. The predicted molar refractivity (Wildman–Crippen MR) is 110 cm³/mol. The first-order valence-corrected chi connectivity index (χ1v) is 10.5. The number of thioether (sulfide) groups is 1. The molecule has 1 aliphatic rings. The molecule has 2 rings (SSSR count). The van der Waals surface area contributed by atoms with Gasteiger partial charge in [0.15, 0.2) is 0 Å². The third-order valence-electron chi connectivity index (χ3n) is 4.02. The summed E-state index contributed by atoms with van der Waals surface area (Å²) in [6.07, 6.45) is 1.61. The summed E-state index contributed by atoms with van der Waals surface area (Å²) in [5, 5.41) is 5.38. The highest BCUT2D eigenvalue weighted by atomic mass is 32.2. The van der Waals surface area contributed by atoms with Crippen molar-refractivity contribution in [2.45, 2.75) is 44.1 Å². The molecule has 1 aliphatic heterocycles. The Balaban J connectivity index is 1.79. The maximum Gasteiger partial charge on any atom is 0.407 e. The highest BCUT2D eigenvalue weighted by Gasteiger charge is 2.19. The SMILES string of the molecule is CC(C)(C)OC(=O)NCCNC(=O)c1ccccc1SCC(=O)N1CCCC1. The van der Waals surface area contributed by atoms with Gasteiger partial charge >= 0.3 is 6.09 Å². The fourth-order valence-corrected chi connectivity index (χ4v) is 3.68. The lowest BCUT2D eigenvalue weighted by Gasteiger charge is -2.19. The lowest BCUT2D eigenvalue weighted by molar-refractivity contribution is -0.127. The molecule has 1 heterocycles. The van der Waals surface area contributed by atoms with E-state index in [4.69, 9.17) is 4.74 Å². The summed E-state index contributed by atoms with van der Waals surface area (Å²) in [6, 6.07) is 7.22. The Labute approximate surface area is 170 Å². The summed E-state index contributed by atoms with van der Waals surface area (Å²) in [5.41, 5.74) is -0.0327. The van der Waals surface area contributed by atoms with E-state index < -0.39 is 11.7 Å². The highest BCUT2D eigenvalue weighted by molar-refractivity contribution is 8.00. The first kappa shape index (κ1) is 22.1. The van der Waals surface area contributed by atoms with Gasteiger partial charge in [-0.2, -0.15) is 0 Å². The molecule has 0 unspecified atom stereocenters. The van der Waals surface area contributed by atoms with Crippen LogP contribution in [0.2, 0.25) is 0 Å². The van der Waals surface area contributed by atoms with E-state index in [9.17, 15) is 14.4 Å². The molecule has 0 aromatic heterocycles. The Morgan fingerprint density at radius 3 is 2.39 bits per heavy atom. The number of carbonyl (C=O) groups is 3. The first-order valence-electron chi connectivity index (χ1n) is 9.51. The molecular formula is C20H29N3O4S. The van der Waals surface area contributed by atoms with Crippen molar-refractivity contribution in [1.82, 2.24) is 15.5 Å². The van der Waals surface area contributed by atoms with Crippen molar-refractivity contribution < 1.29 is 19.1 Å². The molecule has 0 spiro atoms. The number of alkyl carbamates (subject to hydrolysis) is 1. The number of hydrogen-bond acceptors (Lipinski definition) is 5. The lowest BCUT2D eigenvalue weighted by Crippen LogP contribution is -2.38. The summed E-state index contributed by atoms with van der Waals surface area (Å²) in [5.74, 6) is 0.201. The van der Waals surface area contributed by atoms with E-state index >= 15 is 0 Å². The third kappa shape index (κ3) is 7.42. The number of carbonyl (C=O) groups excluding carboxylic acids is 3. The van der Waals surface area contributed by atoms with Crippen LogP contribution in [0.5, 0.6) is 0 Å². The van der Waals surface area contributed by atoms with Gasteiger partial charge in [-0.3, -0.25) is 9.59 Å². The number of benzene rings is 1. The minimum atomic E-state index is -0.560. The molecule has 3 amide bonds. The van der Waals surface area contributed by atoms with Crippen LogP contribution in [0, 0.1) is 0 Å². The van der Waals surface area contributed by atoms with Gasteiger partial charge in [0, 0.05) is 31.1 Å². The largest absolute Gasteiger partial charge is 0.444 e. The molecule has 1 aromatic rings. The van der Waals surface area contributed by atoms with E-state index in [0.29, 0.717) is 11.3 Å². The molecule has 0 aliphatic carbocycles. The summed E-state index contributed by atoms with van der Waals surface area (Å²) >= 11 is 1.38. The number of nitrogens with zero attached hydrogens (tertiary/aromatic N) is 1. The van der Waals surface area contributed by atoms with Crippen molar-refractivity contribution in [3.8, 4) is 0 Å². The van der Waals surface area contributed by atoms with E-state index in [0.717, 1.165) is 30.8 Å². The normalized spacial score (nSPS) is 13.9. The summed E-state index contributed by atoms with van der Waals surface area (Å²) in [6.45, 7) is 7.57. The Kier molecular flexibility index (Phi) is 8.17. The number of amides is 3. The molecule has 7 nitrogen and oxygen atoms in total. The number of hydrogen-bond donors (Lipinski definition) is 2. The molecule has 1 fully saturated rings. The zero-order valence-electron chi connectivity index (χ0n) is 16.7. The molecule has 0 radical (unpaired) electrons. The van der Waals surface area contributed by atoms with Gasteiger partial charge in [-0.25, -0.2) is 4.79 Å². The molecule has 0 saturated carbocycles. The maximum absolute atomic E-state index is 12.5. The van der Waals surface area contributed by atoms with Crippen molar-refractivity contribution in [1.29, 1.82) is 0 Å². The van der Waals surface area contributed by atoms with Crippen molar-refractivity contribution in [3.05, 3.63) is 29.8 Å². The third-order valence-corrected chi connectivity index (χ3v) is 5.08. The molecule has 0 atom stereocenters. The number of nitrogens with one attached hydrogen (secondary N) is 2. The fraction of sp³-hybridized carbons (Fsp3) is 0.550. The smallest absolute Gasteiger partial charge is 0.407 e. The zero-order valence-corrected chi connectivity index (χ0v) is 17.6. The molecule has 1 saturated heterocycles. The van der Waals surface area contributed by atoms with Crippen molar-refractivity contribution >= 4 is 29.7 Å². The number of ether oxygens (including phenoxy) is 1. The van der Waals surface area contributed by atoms with E-state index in [2.05, 4.69) is 10.6 Å². The molecular weight excluding hydrogens is 378 g/mol. The van der Waals surface area contributed by atoms with Crippen molar-refractivity contribution in [2.75, 3.05) is 31.9 Å². The predicted octanol–water partition coefficient (Wildman–Crippen LogP) is 2.66. The molecule has 0 bridgehead atoms.